The highest BCUT2D eigenvalue weighted by Crippen LogP contribution is 2.47. The van der Waals surface area contributed by atoms with Crippen LogP contribution in [0.5, 0.6) is 11.5 Å². The molecule has 7 heteroatoms. The molecule has 1 aromatic heterocycles. The van der Waals surface area contributed by atoms with Gasteiger partial charge in [0.25, 0.3) is 0 Å². The van der Waals surface area contributed by atoms with E-state index in [2.05, 4.69) is 21.6 Å². The number of ether oxygens (including phenoxy) is 1. The second-order valence-electron chi connectivity index (χ2n) is 7.33. The van der Waals surface area contributed by atoms with E-state index in [9.17, 15) is 4.79 Å². The Balaban J connectivity index is 1.50. The van der Waals surface area contributed by atoms with E-state index in [-0.39, 0.29) is 12.5 Å². The van der Waals surface area contributed by atoms with Gasteiger partial charge in [0.1, 0.15) is 11.5 Å². The Morgan fingerprint density at radius 2 is 1.69 bits per heavy atom. The standard InChI is InChI=1S/C25H20N4O2S/c26-15-24(30)27-25-18(12-16-6-2-1-3-7-16)13-19(28-29-25)17-10-11-21-23(14-17)32-22-9-5-4-8-20(22)31-21/h1-11,13-14H,12,15,26H2,(H,27,29,30). The van der Waals surface area contributed by atoms with Crippen LogP contribution in [0, 0.1) is 0 Å². The van der Waals surface area contributed by atoms with Gasteiger partial charge in [-0.1, -0.05) is 54.2 Å². The summed E-state index contributed by atoms with van der Waals surface area (Å²) in [7, 11) is 0. The van der Waals surface area contributed by atoms with Crippen molar-refractivity contribution in [1.29, 1.82) is 0 Å². The number of hydrogen-bond acceptors (Lipinski definition) is 6. The smallest absolute Gasteiger partial charge is 0.239 e. The van der Waals surface area contributed by atoms with Gasteiger partial charge in [0.2, 0.25) is 5.91 Å². The van der Waals surface area contributed by atoms with Crippen molar-refractivity contribution in [2.75, 3.05) is 11.9 Å². The van der Waals surface area contributed by atoms with E-state index in [1.807, 2.05) is 72.8 Å². The quantitative estimate of drug-likeness (QED) is 0.404. The van der Waals surface area contributed by atoms with Crippen LogP contribution in [0.25, 0.3) is 11.3 Å². The zero-order valence-corrected chi connectivity index (χ0v) is 17.9. The lowest BCUT2D eigenvalue weighted by Gasteiger charge is -2.20. The Hall–Kier alpha value is -3.68. The number of benzene rings is 3. The van der Waals surface area contributed by atoms with Gasteiger partial charge in [-0.15, -0.1) is 10.2 Å². The van der Waals surface area contributed by atoms with Crippen molar-refractivity contribution in [1.82, 2.24) is 10.2 Å². The summed E-state index contributed by atoms with van der Waals surface area (Å²) < 4.78 is 6.03. The number of nitrogens with zero attached hydrogens (tertiary/aromatic N) is 2. The van der Waals surface area contributed by atoms with Crippen LogP contribution < -0.4 is 15.8 Å². The number of fused-ring (bicyclic) bond motifs is 2. The lowest BCUT2D eigenvalue weighted by Crippen LogP contribution is -2.23. The first-order valence-electron chi connectivity index (χ1n) is 10.2. The molecule has 1 aliphatic heterocycles. The fourth-order valence-corrected chi connectivity index (χ4v) is 4.49. The molecule has 2 heterocycles. The number of aromatic nitrogens is 2. The number of para-hydroxylation sites is 1. The largest absolute Gasteiger partial charge is 0.455 e. The first-order chi connectivity index (χ1) is 15.7. The fourth-order valence-electron chi connectivity index (χ4n) is 3.50. The molecule has 3 aromatic carbocycles. The summed E-state index contributed by atoms with van der Waals surface area (Å²) in [6, 6.07) is 26.0. The molecule has 3 N–H and O–H groups in total. The topological polar surface area (TPSA) is 90.1 Å². The van der Waals surface area contributed by atoms with E-state index >= 15 is 0 Å². The second-order valence-corrected chi connectivity index (χ2v) is 8.41. The zero-order chi connectivity index (χ0) is 21.9. The number of nitrogens with two attached hydrogens (primary N) is 1. The maximum atomic E-state index is 11.9. The molecule has 0 saturated carbocycles. The van der Waals surface area contributed by atoms with E-state index in [4.69, 9.17) is 10.5 Å². The minimum atomic E-state index is -0.303. The van der Waals surface area contributed by atoms with E-state index in [0.717, 1.165) is 43.7 Å². The predicted molar refractivity (Wildman–Crippen MR) is 125 cm³/mol. The Morgan fingerprint density at radius 3 is 2.53 bits per heavy atom. The summed E-state index contributed by atoms with van der Waals surface area (Å²) in [5, 5.41) is 11.4. The van der Waals surface area contributed by atoms with Gasteiger partial charge in [-0.05, 0) is 42.0 Å². The minimum Gasteiger partial charge on any atom is -0.455 e. The maximum Gasteiger partial charge on any atom is 0.239 e. The number of carbonyl (C=O) groups excluding carboxylic acids is 1. The van der Waals surface area contributed by atoms with Gasteiger partial charge < -0.3 is 15.8 Å². The minimum absolute atomic E-state index is 0.113. The molecule has 6 nitrogen and oxygen atoms in total. The number of amides is 1. The second kappa shape index (κ2) is 8.82. The lowest BCUT2D eigenvalue weighted by atomic mass is 10.0. The summed E-state index contributed by atoms with van der Waals surface area (Å²) in [4.78, 5) is 14.0. The van der Waals surface area contributed by atoms with Crippen molar-refractivity contribution in [3.63, 3.8) is 0 Å². The maximum absolute atomic E-state index is 11.9. The van der Waals surface area contributed by atoms with Gasteiger partial charge in [0, 0.05) is 17.5 Å². The van der Waals surface area contributed by atoms with Gasteiger partial charge in [0.15, 0.2) is 5.82 Å². The molecule has 4 aromatic rings. The van der Waals surface area contributed by atoms with E-state index < -0.39 is 0 Å². The van der Waals surface area contributed by atoms with E-state index in [0.29, 0.717) is 12.2 Å². The number of hydrogen-bond donors (Lipinski definition) is 2. The highest BCUT2D eigenvalue weighted by Gasteiger charge is 2.19. The highest BCUT2D eigenvalue weighted by atomic mass is 32.2. The molecule has 158 valence electrons. The molecule has 0 atom stereocenters. The third kappa shape index (κ3) is 4.21. The monoisotopic (exact) mass is 440 g/mol. The van der Waals surface area contributed by atoms with Gasteiger partial charge in [-0.25, -0.2) is 0 Å². The molecule has 0 radical (unpaired) electrons. The normalized spacial score (nSPS) is 11.8. The summed E-state index contributed by atoms with van der Waals surface area (Å²) >= 11 is 1.67. The van der Waals surface area contributed by atoms with Gasteiger partial charge in [0.05, 0.1) is 22.0 Å². The van der Waals surface area contributed by atoms with E-state index in [1.54, 1.807) is 11.8 Å². The molecular formula is C25H20N4O2S. The average molecular weight is 441 g/mol. The molecule has 0 spiro atoms. The Morgan fingerprint density at radius 1 is 0.906 bits per heavy atom. The molecule has 0 fully saturated rings. The van der Waals surface area contributed by atoms with Crippen LogP contribution in [0.3, 0.4) is 0 Å². The molecular weight excluding hydrogens is 420 g/mol. The summed E-state index contributed by atoms with van der Waals surface area (Å²) in [6.07, 6.45) is 0.611. The fraction of sp³-hybridized carbons (Fsp3) is 0.0800. The zero-order valence-electron chi connectivity index (χ0n) is 17.1. The van der Waals surface area contributed by atoms with Crippen molar-refractivity contribution in [2.45, 2.75) is 16.2 Å². The van der Waals surface area contributed by atoms with Crippen LogP contribution in [-0.2, 0) is 11.2 Å². The van der Waals surface area contributed by atoms with Crippen LogP contribution in [-0.4, -0.2) is 22.6 Å². The first-order valence-corrected chi connectivity index (χ1v) is 11.0. The number of rotatable bonds is 5. The summed E-state index contributed by atoms with van der Waals surface area (Å²) in [6.45, 7) is -0.113. The number of carbonyl (C=O) groups is 1. The van der Waals surface area contributed by atoms with Crippen molar-refractivity contribution in [3.05, 3.63) is 90.0 Å². The van der Waals surface area contributed by atoms with Crippen molar-refractivity contribution in [2.24, 2.45) is 5.73 Å². The van der Waals surface area contributed by atoms with Crippen LogP contribution in [0.1, 0.15) is 11.1 Å². The van der Waals surface area contributed by atoms with Crippen molar-refractivity contribution in [3.8, 4) is 22.8 Å². The molecule has 0 bridgehead atoms. The highest BCUT2D eigenvalue weighted by molar-refractivity contribution is 7.99. The predicted octanol–water partition coefficient (Wildman–Crippen LogP) is 4.89. The van der Waals surface area contributed by atoms with Crippen LogP contribution >= 0.6 is 11.8 Å². The van der Waals surface area contributed by atoms with Gasteiger partial charge >= 0.3 is 0 Å². The lowest BCUT2D eigenvalue weighted by molar-refractivity contribution is -0.114. The molecule has 1 aliphatic rings. The first kappa shape index (κ1) is 20.2. The van der Waals surface area contributed by atoms with E-state index in [1.165, 1.54) is 0 Å². The molecule has 0 saturated heterocycles. The Labute approximate surface area is 189 Å². The average Bonchev–Trinajstić information content (AvgIpc) is 2.84. The molecule has 0 aliphatic carbocycles. The Bertz CT molecular complexity index is 1290. The third-order valence-corrected chi connectivity index (χ3v) is 6.18. The summed E-state index contributed by atoms with van der Waals surface area (Å²) in [5.74, 6) is 1.81. The van der Waals surface area contributed by atoms with Crippen LogP contribution in [0.2, 0.25) is 0 Å². The molecule has 32 heavy (non-hydrogen) atoms. The molecule has 1 amide bonds. The molecule has 5 rings (SSSR count). The number of nitrogens with one attached hydrogen (secondary N) is 1. The SMILES string of the molecule is NCC(=O)Nc1nnc(-c2ccc3c(c2)Sc2ccccc2O3)cc1Cc1ccccc1. The van der Waals surface area contributed by atoms with Crippen LogP contribution in [0.4, 0.5) is 5.82 Å². The Kier molecular flexibility index (Phi) is 5.58. The van der Waals surface area contributed by atoms with Crippen molar-refractivity contribution < 1.29 is 9.53 Å². The molecule has 0 unspecified atom stereocenters. The van der Waals surface area contributed by atoms with Gasteiger partial charge in [-0.3, -0.25) is 4.79 Å². The summed E-state index contributed by atoms with van der Waals surface area (Å²) in [5.41, 5.74) is 9.10. The number of anilines is 1. The third-order valence-electron chi connectivity index (χ3n) is 5.08. The van der Waals surface area contributed by atoms with Crippen LogP contribution in [0.15, 0.2) is 88.7 Å². The van der Waals surface area contributed by atoms with Gasteiger partial charge in [-0.2, -0.15) is 0 Å². The van der Waals surface area contributed by atoms with Crippen molar-refractivity contribution >= 4 is 23.5 Å².